The van der Waals surface area contributed by atoms with Gasteiger partial charge in [-0.05, 0) is 66.4 Å². The first-order valence-electron chi connectivity index (χ1n) is 14.8. The monoisotopic (exact) mass is 618 g/mol. The fourth-order valence-electron chi connectivity index (χ4n) is 5.10. The fourth-order valence-corrected chi connectivity index (χ4v) is 5.10. The summed E-state index contributed by atoms with van der Waals surface area (Å²) < 4.78 is 1.28. The van der Waals surface area contributed by atoms with E-state index in [4.69, 9.17) is 0 Å². The predicted molar refractivity (Wildman–Crippen MR) is 163 cm³/mol. The van der Waals surface area contributed by atoms with E-state index in [-0.39, 0.29) is 13.1 Å². The van der Waals surface area contributed by atoms with Gasteiger partial charge in [-0.25, -0.2) is 4.68 Å². The van der Waals surface area contributed by atoms with E-state index in [1.807, 2.05) is 49.3 Å². The largest absolute Gasteiger partial charge is 0.481 e. The zero-order valence-corrected chi connectivity index (χ0v) is 25.5. The number of tetrazole rings is 1. The highest BCUT2D eigenvalue weighted by molar-refractivity contribution is 5.99. The smallest absolute Gasteiger partial charge is 0.305 e. The molecule has 14 nitrogen and oxygen atoms in total. The summed E-state index contributed by atoms with van der Waals surface area (Å²) in [5, 5.41) is 26.3. The minimum absolute atomic E-state index is 0.266. The Bertz CT molecular complexity index is 1510. The van der Waals surface area contributed by atoms with Gasteiger partial charge in [0.05, 0.1) is 12.5 Å². The number of carbonyl (C=O) groups excluding carboxylic acids is 4. The zero-order chi connectivity index (χ0) is 32.5. The lowest BCUT2D eigenvalue weighted by atomic mass is 10.1. The summed E-state index contributed by atoms with van der Waals surface area (Å²) in [4.78, 5) is 68.0. The van der Waals surface area contributed by atoms with Crippen LogP contribution in [0.2, 0.25) is 0 Å². The van der Waals surface area contributed by atoms with Crippen LogP contribution in [0.5, 0.6) is 0 Å². The van der Waals surface area contributed by atoms with Crippen molar-refractivity contribution >= 4 is 35.2 Å². The second kappa shape index (κ2) is 15.0. The predicted octanol–water partition coefficient (Wildman–Crippen LogP) is 1.06. The highest BCUT2D eigenvalue weighted by Gasteiger charge is 2.35. The van der Waals surface area contributed by atoms with Crippen molar-refractivity contribution in [1.29, 1.82) is 0 Å². The van der Waals surface area contributed by atoms with Gasteiger partial charge in [0.1, 0.15) is 18.6 Å². The van der Waals surface area contributed by atoms with Crippen molar-refractivity contribution in [1.82, 2.24) is 35.7 Å². The average molecular weight is 619 g/mol. The number of aliphatic carboxylic acids is 1. The summed E-state index contributed by atoms with van der Waals surface area (Å²) in [5.41, 5.74) is 2.25. The van der Waals surface area contributed by atoms with Crippen LogP contribution < -0.4 is 15.5 Å². The second-order valence-electron chi connectivity index (χ2n) is 11.2. The van der Waals surface area contributed by atoms with Crippen LogP contribution in [-0.4, -0.2) is 98.5 Å². The van der Waals surface area contributed by atoms with Gasteiger partial charge in [0.2, 0.25) is 11.8 Å². The lowest BCUT2D eigenvalue weighted by Gasteiger charge is -2.30. The van der Waals surface area contributed by atoms with Gasteiger partial charge in [0.15, 0.2) is 11.6 Å². The van der Waals surface area contributed by atoms with Crippen molar-refractivity contribution in [3.8, 4) is 0 Å². The molecule has 1 aliphatic rings. The van der Waals surface area contributed by atoms with Crippen molar-refractivity contribution in [2.24, 2.45) is 0 Å². The van der Waals surface area contributed by atoms with Crippen molar-refractivity contribution < 1.29 is 29.1 Å². The number of carboxylic acid groups (broad SMARTS) is 1. The summed E-state index contributed by atoms with van der Waals surface area (Å²) in [5.74, 6) is -3.00. The molecule has 0 bridgehead atoms. The van der Waals surface area contributed by atoms with Crippen molar-refractivity contribution in [2.75, 3.05) is 25.5 Å². The first kappa shape index (κ1) is 32.8. The molecule has 45 heavy (non-hydrogen) atoms. The number of amides is 3. The van der Waals surface area contributed by atoms with Gasteiger partial charge in [0.25, 0.3) is 5.91 Å². The maximum Gasteiger partial charge on any atom is 0.305 e. The first-order valence-corrected chi connectivity index (χ1v) is 14.8. The topological polar surface area (TPSA) is 180 Å². The number of aromatic nitrogens is 4. The number of rotatable bonds is 13. The fraction of sp³-hybridized carbons (Fsp3) is 0.419. The first-order chi connectivity index (χ1) is 21.5. The molecule has 2 heterocycles. The summed E-state index contributed by atoms with van der Waals surface area (Å²) in [6.45, 7) is 1.43. The maximum atomic E-state index is 13.5. The lowest BCUT2D eigenvalue weighted by molar-refractivity contribution is -0.143. The molecule has 0 spiro atoms. The Labute approximate surface area is 260 Å². The van der Waals surface area contributed by atoms with E-state index in [9.17, 15) is 29.1 Å². The van der Waals surface area contributed by atoms with E-state index < -0.39 is 54.0 Å². The maximum absolute atomic E-state index is 13.5. The molecule has 2 unspecified atom stereocenters. The number of ketones is 1. The van der Waals surface area contributed by atoms with E-state index in [0.717, 1.165) is 11.3 Å². The SMILES string of the molecule is CC(C(=O)NC(CC(=O)O)C(=O)Cn1nnnc1Cc1ccccc1)N1CCCC[C@H](NC(=O)c2ccc(N(C)C)cc2)C1=O. The minimum atomic E-state index is -1.38. The van der Waals surface area contributed by atoms with Crippen molar-refractivity contribution in [3.05, 3.63) is 71.5 Å². The molecule has 1 fully saturated rings. The number of benzene rings is 2. The third-order valence-electron chi connectivity index (χ3n) is 7.72. The number of carbonyl (C=O) groups is 5. The molecule has 1 saturated heterocycles. The Morgan fingerprint density at radius 2 is 1.76 bits per heavy atom. The number of nitrogens with one attached hydrogen (secondary N) is 2. The van der Waals surface area contributed by atoms with E-state index >= 15 is 0 Å². The van der Waals surface area contributed by atoms with Crippen LogP contribution in [0.3, 0.4) is 0 Å². The standard InChI is InChI=1S/C31H38N8O6/c1-20(38-16-8-7-11-24(31(38)45)32-30(44)22-12-14-23(15-13-22)37(2)3)29(43)33-25(18-28(41)42)26(40)19-39-27(34-35-36-39)17-21-9-5-4-6-10-21/h4-6,9-10,12-15,20,24-25H,7-8,11,16-19H2,1-3H3,(H,32,44)(H,33,43)(H,41,42)/t20?,24-,25?/m0/s1. The molecule has 2 aromatic carbocycles. The number of likely N-dealkylation sites (tertiary alicyclic amines) is 1. The molecular weight excluding hydrogens is 580 g/mol. The zero-order valence-electron chi connectivity index (χ0n) is 25.5. The molecule has 3 amide bonds. The average Bonchev–Trinajstić information content (AvgIpc) is 3.36. The molecule has 1 aliphatic heterocycles. The van der Waals surface area contributed by atoms with Crippen LogP contribution >= 0.6 is 0 Å². The highest BCUT2D eigenvalue weighted by Crippen LogP contribution is 2.18. The summed E-state index contributed by atoms with van der Waals surface area (Å²) in [7, 11) is 3.78. The van der Waals surface area contributed by atoms with Crippen LogP contribution in [0.4, 0.5) is 5.69 Å². The van der Waals surface area contributed by atoms with Gasteiger partial charge in [-0.2, -0.15) is 0 Å². The third kappa shape index (κ3) is 8.71. The Morgan fingerprint density at radius 1 is 1.04 bits per heavy atom. The summed E-state index contributed by atoms with van der Waals surface area (Å²) in [6.07, 6.45) is 1.35. The number of Topliss-reactive ketones (excluding diaryl/α,β-unsaturated/α-hetero) is 1. The number of carboxylic acids is 1. The van der Waals surface area contributed by atoms with Gasteiger partial charge in [0, 0.05) is 38.3 Å². The second-order valence-corrected chi connectivity index (χ2v) is 11.2. The quantitative estimate of drug-likeness (QED) is 0.251. The Hall–Kier alpha value is -5.14. The molecule has 0 radical (unpaired) electrons. The normalized spacial score (nSPS) is 16.3. The molecular formula is C31H38N8O6. The van der Waals surface area contributed by atoms with Gasteiger partial charge in [-0.1, -0.05) is 30.3 Å². The molecule has 0 saturated carbocycles. The van der Waals surface area contributed by atoms with Crippen LogP contribution in [-0.2, 0) is 32.1 Å². The molecule has 3 aromatic rings. The minimum Gasteiger partial charge on any atom is -0.481 e. The summed E-state index contributed by atoms with van der Waals surface area (Å²) >= 11 is 0. The molecule has 0 aliphatic carbocycles. The molecule has 238 valence electrons. The van der Waals surface area contributed by atoms with Crippen LogP contribution in [0.25, 0.3) is 0 Å². The van der Waals surface area contributed by atoms with Crippen LogP contribution in [0.1, 0.15) is 54.4 Å². The van der Waals surface area contributed by atoms with Gasteiger partial charge < -0.3 is 25.5 Å². The Balaban J connectivity index is 1.41. The Kier molecular flexibility index (Phi) is 11.0. The van der Waals surface area contributed by atoms with E-state index in [1.165, 1.54) is 16.5 Å². The molecule has 4 rings (SSSR count). The third-order valence-corrected chi connectivity index (χ3v) is 7.72. The molecule has 3 N–H and O–H groups in total. The number of hydrogen-bond acceptors (Lipinski definition) is 9. The van der Waals surface area contributed by atoms with Crippen molar-refractivity contribution in [2.45, 2.75) is 63.7 Å². The van der Waals surface area contributed by atoms with Gasteiger partial charge in [-0.3, -0.25) is 24.0 Å². The number of nitrogens with zero attached hydrogens (tertiary/aromatic N) is 6. The van der Waals surface area contributed by atoms with Crippen molar-refractivity contribution in [3.63, 3.8) is 0 Å². The van der Waals surface area contributed by atoms with E-state index in [0.29, 0.717) is 37.1 Å². The Morgan fingerprint density at radius 3 is 2.42 bits per heavy atom. The van der Waals surface area contributed by atoms with Crippen LogP contribution in [0, 0.1) is 0 Å². The molecule has 3 atom stereocenters. The molecule has 1 aromatic heterocycles. The lowest BCUT2D eigenvalue weighted by Crippen LogP contribution is -2.56. The van der Waals surface area contributed by atoms with Gasteiger partial charge in [-0.15, -0.1) is 5.10 Å². The number of anilines is 1. The van der Waals surface area contributed by atoms with Crippen LogP contribution in [0.15, 0.2) is 54.6 Å². The molecule has 14 heteroatoms. The van der Waals surface area contributed by atoms with Gasteiger partial charge >= 0.3 is 5.97 Å². The van der Waals surface area contributed by atoms with E-state index in [1.54, 1.807) is 24.3 Å². The highest BCUT2D eigenvalue weighted by atomic mass is 16.4. The van der Waals surface area contributed by atoms with E-state index in [2.05, 4.69) is 26.2 Å². The summed E-state index contributed by atoms with van der Waals surface area (Å²) in [6, 6.07) is 13.1. The number of hydrogen-bond donors (Lipinski definition) is 3.